The van der Waals surface area contributed by atoms with Gasteiger partial charge in [-0.3, -0.25) is 11.2 Å². The van der Waals surface area contributed by atoms with Crippen LogP contribution < -0.4 is 22.4 Å². The van der Waals surface area contributed by atoms with E-state index >= 15 is 0 Å². The number of hydroxylamine groups is 1. The first-order valence-corrected chi connectivity index (χ1v) is 4.31. The molecule has 0 unspecified atom stereocenters. The van der Waals surface area contributed by atoms with E-state index in [1.165, 1.54) is 5.12 Å². The molecule has 7 heteroatoms. The largest absolute Gasteiger partial charge is 0.329 e. The molecule has 0 aliphatic rings. The van der Waals surface area contributed by atoms with Gasteiger partial charge in [0.15, 0.2) is 0 Å². The molecule has 7 nitrogen and oxygen atoms in total. The molecule has 0 aromatic rings. The first-order chi connectivity index (χ1) is 6.26. The Balaban J connectivity index is 3.57. The monoisotopic (exact) mass is 192 g/mol. The number of likely N-dealkylation sites (N-methyl/N-ethyl adjacent to an activating group) is 1. The molecule has 0 saturated heterocycles. The van der Waals surface area contributed by atoms with Gasteiger partial charge in [-0.1, -0.05) is 6.92 Å². The molecule has 0 aliphatic heterocycles. The number of nitrogens with one attached hydrogen (secondary N) is 2. The minimum atomic E-state index is 0.299. The molecular weight excluding hydrogens is 172 g/mol. The lowest BCUT2D eigenvalue weighted by atomic mass is 10.6. The highest BCUT2D eigenvalue weighted by Gasteiger charge is 2.06. The summed E-state index contributed by atoms with van der Waals surface area (Å²) in [6, 6.07) is 0. The van der Waals surface area contributed by atoms with Crippen LogP contribution in [-0.2, 0) is 0 Å². The van der Waals surface area contributed by atoms with E-state index in [-0.39, 0.29) is 0 Å². The molecule has 0 aromatic carbocycles. The van der Waals surface area contributed by atoms with Gasteiger partial charge in [-0.2, -0.15) is 10.6 Å². The zero-order valence-electron chi connectivity index (χ0n) is 8.03. The van der Waals surface area contributed by atoms with Crippen molar-refractivity contribution >= 4 is 0 Å². The Hall–Kier alpha value is -0.280. The van der Waals surface area contributed by atoms with Crippen LogP contribution in [0.1, 0.15) is 6.92 Å². The quantitative estimate of drug-likeness (QED) is 0.129. The highest BCUT2D eigenvalue weighted by molar-refractivity contribution is 4.49. The van der Waals surface area contributed by atoms with Gasteiger partial charge in [-0.25, -0.2) is 5.01 Å². The maximum Gasteiger partial charge on any atom is 0.0790 e. The lowest BCUT2D eigenvalue weighted by Crippen LogP contribution is -2.53. The fourth-order valence-electron chi connectivity index (χ4n) is 0.944. The fraction of sp³-hybridized carbons (Fsp3) is 1.00. The summed E-state index contributed by atoms with van der Waals surface area (Å²) in [5, 5.41) is 14.6. The number of nitrogens with zero attached hydrogens (tertiary/aromatic N) is 2. The second-order valence-electron chi connectivity index (χ2n) is 2.52. The molecule has 80 valence electrons. The summed E-state index contributed by atoms with van der Waals surface area (Å²) >= 11 is 0. The Kier molecular flexibility index (Phi) is 8.14. The zero-order valence-corrected chi connectivity index (χ0v) is 8.03. The van der Waals surface area contributed by atoms with Crippen LogP contribution >= 0.6 is 0 Å². The summed E-state index contributed by atoms with van der Waals surface area (Å²) in [6.45, 7) is 4.86. The van der Waals surface area contributed by atoms with Gasteiger partial charge in [-0.15, -0.1) is 0 Å². The third kappa shape index (κ3) is 5.88. The molecule has 0 spiro atoms. The van der Waals surface area contributed by atoms with Gasteiger partial charge >= 0.3 is 0 Å². The molecule has 0 aromatic heterocycles. The molecule has 0 radical (unpaired) electrons. The number of hydrogen-bond donors (Lipinski definition) is 5. The van der Waals surface area contributed by atoms with Crippen LogP contribution in [0, 0.1) is 0 Å². The second-order valence-corrected chi connectivity index (χ2v) is 2.52. The highest BCUT2D eigenvalue weighted by Crippen LogP contribution is 1.87. The predicted octanol–water partition coefficient (Wildman–Crippen LogP) is -2.16. The molecule has 0 aliphatic carbocycles. The van der Waals surface area contributed by atoms with Crippen LogP contribution in [0.15, 0.2) is 0 Å². The topological polar surface area (TPSA) is 103 Å². The van der Waals surface area contributed by atoms with Gasteiger partial charge in [0.1, 0.15) is 0 Å². The first kappa shape index (κ1) is 12.7. The Labute approximate surface area is 78.6 Å². The van der Waals surface area contributed by atoms with Gasteiger partial charge in [0, 0.05) is 19.6 Å². The van der Waals surface area contributed by atoms with E-state index in [2.05, 4.69) is 5.32 Å². The molecule has 0 bridgehead atoms. The van der Waals surface area contributed by atoms with Crippen molar-refractivity contribution in [2.45, 2.75) is 6.92 Å². The van der Waals surface area contributed by atoms with E-state index in [1.54, 1.807) is 0 Å². The van der Waals surface area contributed by atoms with Gasteiger partial charge in [0.2, 0.25) is 0 Å². The third-order valence-corrected chi connectivity index (χ3v) is 1.59. The SMILES string of the molecule is CCN(CCN)N(N)CNCNO. The van der Waals surface area contributed by atoms with Crippen LogP contribution in [0.4, 0.5) is 0 Å². The maximum absolute atomic E-state index is 8.27. The van der Waals surface area contributed by atoms with E-state index in [0.29, 0.717) is 19.9 Å². The van der Waals surface area contributed by atoms with E-state index in [0.717, 1.165) is 13.1 Å². The minimum absolute atomic E-state index is 0.299. The normalized spacial score (nSPS) is 11.5. The molecule has 0 saturated carbocycles. The summed E-state index contributed by atoms with van der Waals surface area (Å²) in [7, 11) is 0. The van der Waals surface area contributed by atoms with Gasteiger partial charge in [0.25, 0.3) is 0 Å². The molecule has 0 fully saturated rings. The average Bonchev–Trinajstić information content (AvgIpc) is 2.14. The van der Waals surface area contributed by atoms with Crippen LogP contribution in [0.5, 0.6) is 0 Å². The third-order valence-electron chi connectivity index (χ3n) is 1.59. The molecule has 0 rings (SSSR count). The molecule has 0 amide bonds. The van der Waals surface area contributed by atoms with Crippen molar-refractivity contribution in [3.63, 3.8) is 0 Å². The van der Waals surface area contributed by atoms with Crippen LogP contribution in [0.3, 0.4) is 0 Å². The van der Waals surface area contributed by atoms with Gasteiger partial charge in [0.05, 0.1) is 13.3 Å². The average molecular weight is 192 g/mol. The molecule has 0 heterocycles. The van der Waals surface area contributed by atoms with Crippen LogP contribution in [-0.4, -0.2) is 48.3 Å². The Morgan fingerprint density at radius 3 is 2.62 bits per heavy atom. The summed E-state index contributed by atoms with van der Waals surface area (Å²) < 4.78 is 0. The van der Waals surface area contributed by atoms with Crippen molar-refractivity contribution in [2.75, 3.05) is 33.0 Å². The Morgan fingerprint density at radius 1 is 1.46 bits per heavy atom. The molecule has 13 heavy (non-hydrogen) atoms. The van der Waals surface area contributed by atoms with Gasteiger partial charge < -0.3 is 10.9 Å². The van der Waals surface area contributed by atoms with Crippen molar-refractivity contribution in [1.29, 1.82) is 0 Å². The van der Waals surface area contributed by atoms with Crippen molar-refractivity contribution < 1.29 is 5.21 Å². The summed E-state index contributed by atoms with van der Waals surface area (Å²) in [4.78, 5) is 0. The first-order valence-electron chi connectivity index (χ1n) is 4.31. The van der Waals surface area contributed by atoms with Crippen LogP contribution in [0.25, 0.3) is 0 Å². The summed E-state index contributed by atoms with van der Waals surface area (Å²) in [5.41, 5.74) is 7.38. The lowest BCUT2D eigenvalue weighted by Gasteiger charge is -2.29. The Bertz CT molecular complexity index is 113. The smallest absolute Gasteiger partial charge is 0.0790 e. The van der Waals surface area contributed by atoms with E-state index in [9.17, 15) is 0 Å². The minimum Gasteiger partial charge on any atom is -0.329 e. The fourth-order valence-corrected chi connectivity index (χ4v) is 0.944. The number of nitrogens with two attached hydrogens (primary N) is 2. The van der Waals surface area contributed by atoms with Crippen molar-refractivity contribution in [1.82, 2.24) is 20.9 Å². The Morgan fingerprint density at radius 2 is 2.15 bits per heavy atom. The van der Waals surface area contributed by atoms with Crippen molar-refractivity contribution in [2.24, 2.45) is 11.6 Å². The van der Waals surface area contributed by atoms with E-state index in [4.69, 9.17) is 16.8 Å². The van der Waals surface area contributed by atoms with Gasteiger partial charge in [-0.05, 0) is 0 Å². The van der Waals surface area contributed by atoms with E-state index in [1.807, 2.05) is 17.4 Å². The second kappa shape index (κ2) is 8.32. The van der Waals surface area contributed by atoms with E-state index < -0.39 is 0 Å². The number of hydrazine groups is 2. The summed E-state index contributed by atoms with van der Waals surface area (Å²) in [6.07, 6.45) is 0. The number of rotatable bonds is 8. The molecule has 7 N–H and O–H groups in total. The molecule has 0 atom stereocenters. The predicted molar refractivity (Wildman–Crippen MR) is 50.1 cm³/mol. The molecular formula is C6H20N6O. The highest BCUT2D eigenvalue weighted by atomic mass is 16.5. The zero-order chi connectivity index (χ0) is 10.1. The van der Waals surface area contributed by atoms with Crippen molar-refractivity contribution in [3.8, 4) is 0 Å². The maximum atomic E-state index is 8.27. The van der Waals surface area contributed by atoms with Crippen LogP contribution in [0.2, 0.25) is 0 Å². The summed E-state index contributed by atoms with van der Waals surface area (Å²) in [5.74, 6) is 5.69. The number of hydrogen-bond acceptors (Lipinski definition) is 7. The van der Waals surface area contributed by atoms with Crippen molar-refractivity contribution in [3.05, 3.63) is 0 Å². The lowest BCUT2D eigenvalue weighted by molar-refractivity contribution is -0.0293. The standard InChI is InChI=1S/C6H20N6O/c1-2-11(4-3-7)12(8)6-9-5-10-13/h9-10,13H,2-8H2,1H3.